The lowest BCUT2D eigenvalue weighted by atomic mass is 9.53. The van der Waals surface area contributed by atoms with E-state index in [0.717, 1.165) is 23.0 Å². The molecule has 1 N–H and O–H groups in total. The van der Waals surface area contributed by atoms with Gasteiger partial charge in [-0.2, -0.15) is 0 Å². The molecule has 2 nitrogen and oxygen atoms in total. The molecule has 5 aliphatic rings. The molecule has 19 heavy (non-hydrogen) atoms. The first-order valence-corrected chi connectivity index (χ1v) is 9.01. The Bertz CT molecular complexity index is 368. The van der Waals surface area contributed by atoms with Crippen molar-refractivity contribution in [1.29, 1.82) is 0 Å². The molecule has 1 aliphatic heterocycles. The van der Waals surface area contributed by atoms with Crippen LogP contribution in [0.25, 0.3) is 0 Å². The predicted octanol–water partition coefficient (Wildman–Crippen LogP) is 3.81. The summed E-state index contributed by atoms with van der Waals surface area (Å²) >= 11 is 1.98. The van der Waals surface area contributed by atoms with Gasteiger partial charge in [-0.1, -0.05) is 18.7 Å². The molecule has 5 rings (SSSR count). The minimum atomic E-state index is 0.428. The number of hydrogen-bond acceptors (Lipinski definition) is 3. The van der Waals surface area contributed by atoms with Crippen molar-refractivity contribution in [2.24, 2.45) is 22.7 Å². The topological polar surface area (TPSA) is 24.4 Å². The Balaban J connectivity index is 1.53. The van der Waals surface area contributed by atoms with Crippen LogP contribution in [0.5, 0.6) is 0 Å². The van der Waals surface area contributed by atoms with E-state index in [1.165, 1.54) is 50.1 Å². The van der Waals surface area contributed by atoms with Gasteiger partial charge in [-0.15, -0.1) is 0 Å². The van der Waals surface area contributed by atoms with Gasteiger partial charge in [0.25, 0.3) is 0 Å². The van der Waals surface area contributed by atoms with Gasteiger partial charge in [-0.05, 0) is 69.6 Å². The SMILES string of the molecule is CC1CC(C)SC(NC23CC4CC(CC(C4)C2)C3)=N1. The Hall–Kier alpha value is -0.180. The number of hydrogen-bond donors (Lipinski definition) is 1. The molecular formula is C16H26N2S. The van der Waals surface area contributed by atoms with Gasteiger partial charge in [0.1, 0.15) is 0 Å². The maximum atomic E-state index is 4.88. The molecule has 4 bridgehead atoms. The monoisotopic (exact) mass is 278 g/mol. The summed E-state index contributed by atoms with van der Waals surface area (Å²) in [5, 5.41) is 5.92. The van der Waals surface area contributed by atoms with Crippen LogP contribution in [0.3, 0.4) is 0 Å². The first kappa shape index (κ1) is 12.6. The largest absolute Gasteiger partial charge is 0.359 e. The van der Waals surface area contributed by atoms with Crippen LogP contribution in [0.2, 0.25) is 0 Å². The molecule has 0 amide bonds. The Morgan fingerprint density at radius 1 is 1.00 bits per heavy atom. The van der Waals surface area contributed by atoms with Crippen LogP contribution in [0.4, 0.5) is 0 Å². The highest BCUT2D eigenvalue weighted by atomic mass is 32.2. The Morgan fingerprint density at radius 3 is 2.11 bits per heavy atom. The molecule has 106 valence electrons. The number of rotatable bonds is 1. The highest BCUT2D eigenvalue weighted by molar-refractivity contribution is 8.14. The first-order chi connectivity index (χ1) is 9.10. The van der Waals surface area contributed by atoms with Crippen LogP contribution in [0, 0.1) is 17.8 Å². The third-order valence-corrected chi connectivity index (χ3v) is 6.76. The highest BCUT2D eigenvalue weighted by Gasteiger charge is 2.51. The summed E-state index contributed by atoms with van der Waals surface area (Å²) in [5.74, 6) is 3.05. The molecule has 0 aromatic heterocycles. The lowest BCUT2D eigenvalue weighted by Crippen LogP contribution is -2.59. The number of thioether (sulfide) groups is 1. The summed E-state index contributed by atoms with van der Waals surface area (Å²) in [7, 11) is 0. The Labute approximate surface area is 121 Å². The summed E-state index contributed by atoms with van der Waals surface area (Å²) in [5.41, 5.74) is 0.428. The third kappa shape index (κ3) is 2.32. The van der Waals surface area contributed by atoms with Gasteiger partial charge >= 0.3 is 0 Å². The number of aliphatic imine (C=N–C) groups is 1. The Kier molecular flexibility index (Phi) is 2.91. The van der Waals surface area contributed by atoms with Crippen LogP contribution < -0.4 is 5.32 Å². The number of nitrogens with one attached hydrogen (secondary N) is 1. The van der Waals surface area contributed by atoms with Gasteiger partial charge < -0.3 is 5.32 Å². The molecule has 0 spiro atoms. The van der Waals surface area contributed by atoms with Crippen molar-refractivity contribution in [3.8, 4) is 0 Å². The summed E-state index contributed by atoms with van der Waals surface area (Å²) in [6, 6.07) is 0.507. The number of amidine groups is 1. The van der Waals surface area contributed by atoms with E-state index in [1.54, 1.807) is 0 Å². The first-order valence-electron chi connectivity index (χ1n) is 8.13. The predicted molar refractivity (Wildman–Crippen MR) is 82.6 cm³/mol. The van der Waals surface area contributed by atoms with Crippen LogP contribution >= 0.6 is 11.8 Å². The van der Waals surface area contributed by atoms with Crippen molar-refractivity contribution in [2.75, 3.05) is 0 Å². The molecule has 0 radical (unpaired) electrons. The summed E-state index contributed by atoms with van der Waals surface area (Å²) in [6.07, 6.45) is 10.1. The fourth-order valence-electron chi connectivity index (χ4n) is 5.55. The zero-order chi connectivity index (χ0) is 13.0. The fraction of sp³-hybridized carbons (Fsp3) is 0.938. The van der Waals surface area contributed by atoms with Gasteiger partial charge in [0, 0.05) is 10.8 Å². The minimum absolute atomic E-state index is 0.428. The second-order valence-corrected chi connectivity index (χ2v) is 9.20. The molecule has 2 atom stereocenters. The van der Waals surface area contributed by atoms with Crippen molar-refractivity contribution in [3.05, 3.63) is 0 Å². The van der Waals surface area contributed by atoms with E-state index in [-0.39, 0.29) is 0 Å². The van der Waals surface area contributed by atoms with Crippen LogP contribution in [0.15, 0.2) is 4.99 Å². The molecular weight excluding hydrogens is 252 g/mol. The second kappa shape index (κ2) is 4.41. The quantitative estimate of drug-likeness (QED) is 0.788. The van der Waals surface area contributed by atoms with Gasteiger partial charge in [-0.3, -0.25) is 4.99 Å². The maximum Gasteiger partial charge on any atom is 0.157 e. The molecule has 2 unspecified atom stereocenters. The van der Waals surface area contributed by atoms with E-state index in [2.05, 4.69) is 19.2 Å². The normalized spacial score (nSPS) is 52.1. The second-order valence-electron chi connectivity index (χ2n) is 7.77. The zero-order valence-electron chi connectivity index (χ0n) is 12.2. The standard InChI is InChI=1S/C16H26N2S/c1-10-3-11(2)19-15(17-10)18-16-7-12-4-13(8-16)6-14(5-12)9-16/h10-14H,3-9H2,1-2H3,(H,17,18). The smallest absolute Gasteiger partial charge is 0.157 e. The molecule has 4 aliphatic carbocycles. The van der Waals surface area contributed by atoms with Crippen molar-refractivity contribution in [2.45, 2.75) is 75.6 Å². The van der Waals surface area contributed by atoms with Gasteiger partial charge in [-0.25, -0.2) is 0 Å². The molecule has 0 aromatic carbocycles. The average molecular weight is 278 g/mol. The van der Waals surface area contributed by atoms with E-state index >= 15 is 0 Å². The van der Waals surface area contributed by atoms with Crippen LogP contribution in [-0.4, -0.2) is 22.0 Å². The van der Waals surface area contributed by atoms with E-state index in [9.17, 15) is 0 Å². The van der Waals surface area contributed by atoms with E-state index in [0.29, 0.717) is 11.6 Å². The summed E-state index contributed by atoms with van der Waals surface area (Å²) in [4.78, 5) is 4.88. The molecule has 4 saturated carbocycles. The van der Waals surface area contributed by atoms with Crippen LogP contribution in [0.1, 0.15) is 58.8 Å². The van der Waals surface area contributed by atoms with E-state index < -0.39 is 0 Å². The lowest BCUT2D eigenvalue weighted by Gasteiger charge is -2.57. The zero-order valence-corrected chi connectivity index (χ0v) is 13.0. The van der Waals surface area contributed by atoms with Crippen molar-refractivity contribution < 1.29 is 0 Å². The van der Waals surface area contributed by atoms with Crippen molar-refractivity contribution in [1.82, 2.24) is 5.32 Å². The van der Waals surface area contributed by atoms with Crippen LogP contribution in [-0.2, 0) is 0 Å². The molecule has 0 saturated heterocycles. The average Bonchev–Trinajstić information content (AvgIpc) is 2.23. The molecule has 4 fully saturated rings. The maximum absolute atomic E-state index is 4.88. The van der Waals surface area contributed by atoms with Gasteiger partial charge in [0.15, 0.2) is 5.17 Å². The highest BCUT2D eigenvalue weighted by Crippen LogP contribution is 2.55. The molecule has 0 aromatic rings. The lowest BCUT2D eigenvalue weighted by molar-refractivity contribution is -0.00969. The third-order valence-electron chi connectivity index (χ3n) is 5.73. The van der Waals surface area contributed by atoms with Crippen molar-refractivity contribution >= 4 is 16.9 Å². The molecule has 3 heteroatoms. The minimum Gasteiger partial charge on any atom is -0.359 e. The number of nitrogens with zero attached hydrogens (tertiary/aromatic N) is 1. The summed E-state index contributed by atoms with van der Waals surface area (Å²) in [6.45, 7) is 4.61. The van der Waals surface area contributed by atoms with Gasteiger partial charge in [0.05, 0.1) is 6.04 Å². The summed E-state index contributed by atoms with van der Waals surface area (Å²) < 4.78 is 0. The molecule has 1 heterocycles. The van der Waals surface area contributed by atoms with Gasteiger partial charge in [0.2, 0.25) is 0 Å². The van der Waals surface area contributed by atoms with E-state index in [1.807, 2.05) is 11.8 Å². The Morgan fingerprint density at radius 2 is 1.58 bits per heavy atom. The van der Waals surface area contributed by atoms with E-state index in [4.69, 9.17) is 4.99 Å². The van der Waals surface area contributed by atoms with Crippen molar-refractivity contribution in [3.63, 3.8) is 0 Å². The fourth-order valence-corrected chi connectivity index (χ4v) is 6.83.